The van der Waals surface area contributed by atoms with Gasteiger partial charge in [0, 0.05) is 127 Å². The minimum Gasteiger partial charge on any atom is -0.437 e. The van der Waals surface area contributed by atoms with Crippen LogP contribution in [0, 0.1) is 41.5 Å². The van der Waals surface area contributed by atoms with Crippen molar-refractivity contribution in [3.8, 4) is 45.0 Å². The van der Waals surface area contributed by atoms with Gasteiger partial charge in [-0.1, -0.05) is 198 Å². The third kappa shape index (κ3) is 13.3. The molecule has 22 rings (SSSR count). The van der Waals surface area contributed by atoms with Gasteiger partial charge < -0.3 is 17.7 Å². The molecule has 2 fully saturated rings. The van der Waals surface area contributed by atoms with Gasteiger partial charge >= 0.3 is 0 Å². The van der Waals surface area contributed by atoms with E-state index in [9.17, 15) is 0 Å². The van der Waals surface area contributed by atoms with Gasteiger partial charge in [-0.25, -0.2) is 38.2 Å². The molecule has 0 aliphatic heterocycles. The van der Waals surface area contributed by atoms with Crippen LogP contribution >= 0.6 is 0 Å². The highest BCUT2D eigenvalue weighted by atomic mass is 16.4. The Kier molecular flexibility index (Phi) is 16.8. The number of aromatic nitrogens is 8. The number of fused-ring (bicyclic) bond motifs is 20. The van der Waals surface area contributed by atoms with Crippen LogP contribution in [0.4, 0.5) is 0 Å². The van der Waals surface area contributed by atoms with E-state index in [0.29, 0.717) is 34.0 Å². The van der Waals surface area contributed by atoms with Gasteiger partial charge in [0.15, 0.2) is 47.1 Å². The Labute approximate surface area is 694 Å². The van der Waals surface area contributed by atoms with Crippen molar-refractivity contribution in [3.05, 3.63) is 288 Å². The molecule has 1 atom stereocenters. The van der Waals surface area contributed by atoms with E-state index in [0.717, 1.165) is 239 Å². The number of nitrogens with zero attached hydrogens (tertiary/aromatic N) is 8. The topological polar surface area (TPSA) is 120 Å². The normalized spacial score (nSPS) is 16.0. The van der Waals surface area contributed by atoms with Crippen LogP contribution in [0.1, 0.15) is 158 Å². The van der Waals surface area contributed by atoms with Crippen molar-refractivity contribution in [2.75, 3.05) is 0 Å². The lowest BCUT2D eigenvalue weighted by Gasteiger charge is -2.21. The van der Waals surface area contributed by atoms with Crippen LogP contribution in [0.2, 0.25) is 0 Å². The van der Waals surface area contributed by atoms with Gasteiger partial charge in [-0.2, -0.15) is 0 Å². The Morgan fingerprint density at radius 1 is 0.376 bits per heavy atom. The Hall–Kier alpha value is -12.8. The summed E-state index contributed by atoms with van der Waals surface area (Å²) in [5.41, 5.74) is 22.2. The number of rotatable bonds is 7. The van der Waals surface area contributed by atoms with Crippen molar-refractivity contribution >= 4 is 131 Å². The third-order valence-electron chi connectivity index (χ3n) is 24.5. The highest BCUT2D eigenvalue weighted by Crippen LogP contribution is 2.46. The molecule has 20 aromatic rings. The smallest absolute Gasteiger partial charge is 0.228 e. The molecule has 0 radical (unpaired) electrons. The van der Waals surface area contributed by atoms with Crippen molar-refractivity contribution < 1.29 is 48.3 Å². The second-order valence-electron chi connectivity index (χ2n) is 32.0. The first kappa shape index (κ1) is 64.5. The predicted octanol–water partition coefficient (Wildman–Crippen LogP) is 25.6. The minimum absolute atomic E-state index is 0.311. The summed E-state index contributed by atoms with van der Waals surface area (Å²) in [7, 11) is 7.88. The maximum absolute atomic E-state index is 9.17. The van der Waals surface area contributed by atoms with Gasteiger partial charge in [0.1, 0.15) is 28.2 Å². The van der Waals surface area contributed by atoms with E-state index in [4.69, 9.17) is 35.0 Å². The lowest BCUT2D eigenvalue weighted by Crippen LogP contribution is -2.31. The molecule has 12 aromatic heterocycles. The lowest BCUT2D eigenvalue weighted by atomic mass is 9.84. The molecule has 578 valence electrons. The number of aryl methyl sites for hydroxylation is 10. The summed E-state index contributed by atoms with van der Waals surface area (Å²) >= 11 is 0. The zero-order valence-electron chi connectivity index (χ0n) is 76.8. The fraction of sp³-hybridized carbons (Fsp3) is 0.238. The second kappa shape index (κ2) is 30.4. The highest BCUT2D eigenvalue weighted by molar-refractivity contribution is 6.23. The van der Waals surface area contributed by atoms with Crippen molar-refractivity contribution in [3.63, 3.8) is 0 Å². The summed E-state index contributed by atoms with van der Waals surface area (Å²) in [4.78, 5) is 18.5. The first-order valence-corrected chi connectivity index (χ1v) is 40.8. The van der Waals surface area contributed by atoms with Crippen molar-refractivity contribution in [2.24, 2.45) is 28.2 Å². The van der Waals surface area contributed by atoms with Gasteiger partial charge in [0.05, 0.1) is 43.8 Å². The van der Waals surface area contributed by atoms with Crippen LogP contribution in [0.15, 0.2) is 255 Å². The van der Waals surface area contributed by atoms with Crippen LogP contribution in [0.25, 0.3) is 176 Å². The summed E-state index contributed by atoms with van der Waals surface area (Å²) in [6.07, 6.45) is 23.9. The monoisotopic (exact) mass is 1540 g/mol. The summed E-state index contributed by atoms with van der Waals surface area (Å²) in [6.45, 7) is 7.24. The zero-order valence-corrected chi connectivity index (χ0v) is 67.8. The van der Waals surface area contributed by atoms with Gasteiger partial charge in [0.25, 0.3) is 0 Å². The number of hydrogen-bond donors (Lipinski definition) is 0. The van der Waals surface area contributed by atoms with E-state index in [-0.39, 0.29) is 0 Å². The van der Waals surface area contributed by atoms with Crippen LogP contribution in [0.3, 0.4) is 0 Å². The predicted molar refractivity (Wildman–Crippen MR) is 477 cm³/mol. The Bertz CT molecular complexity index is 7800. The summed E-state index contributed by atoms with van der Waals surface area (Å²) < 4.78 is 106. The lowest BCUT2D eigenvalue weighted by molar-refractivity contribution is -0.660. The average Bonchev–Trinajstić information content (AvgIpc) is 1.58. The van der Waals surface area contributed by atoms with Gasteiger partial charge in [0.2, 0.25) is 45.6 Å². The SMILES string of the molecule is [2H]C([2H])([2H])C([2H])(C)c1ccc(-c2c(C)ccc3c2oc2ncc4ccccc4c23)[n+](C)c1.[2H]C([2H])([2H])c1ccc(-c2c(C)ccc3c2oc2ncc4ccccc4c23)[n+](C)c1.[2H]C1(c2cc[n+](C)c(-c3c(C)ccc4c3oc3nc(C)c5ccccc5c34)c2)CCCCC1.[2H]C1(c2cc[n+](C)c(-c3c(C)ccc4c3oc3ncc5ccccc5c34)c2)CCCCC1. The largest absolute Gasteiger partial charge is 0.437 e. The first-order valence-electron chi connectivity index (χ1n) is 45.3. The maximum atomic E-state index is 9.17. The number of furan rings is 4. The van der Waals surface area contributed by atoms with Crippen molar-refractivity contribution in [1.29, 1.82) is 0 Å². The molecule has 0 N–H and O–H groups in total. The van der Waals surface area contributed by atoms with Crippen molar-refractivity contribution in [1.82, 2.24) is 19.9 Å². The molecule has 12 heterocycles. The third-order valence-corrected chi connectivity index (χ3v) is 24.5. The summed E-state index contributed by atoms with van der Waals surface area (Å²) in [6, 6.07) is 65.8. The molecule has 12 nitrogen and oxygen atoms in total. The van der Waals surface area contributed by atoms with Gasteiger partial charge in [-0.3, -0.25) is 0 Å². The number of pyridine rings is 8. The highest BCUT2D eigenvalue weighted by Gasteiger charge is 2.30. The summed E-state index contributed by atoms with van der Waals surface area (Å²) in [5.74, 6) is -2.69. The first-order chi connectivity index (χ1) is 60.4. The van der Waals surface area contributed by atoms with Crippen molar-refractivity contribution in [2.45, 2.75) is 137 Å². The van der Waals surface area contributed by atoms with E-state index in [2.05, 4.69) is 192 Å². The zero-order chi connectivity index (χ0) is 87.8. The fourth-order valence-electron chi connectivity index (χ4n) is 18.3. The minimum atomic E-state index is -2.43. The molecule has 2 saturated carbocycles. The number of benzene rings is 8. The molecule has 0 bridgehead atoms. The number of hydrogen-bond acceptors (Lipinski definition) is 8. The molecule has 0 amide bonds. The Morgan fingerprint density at radius 2 is 0.744 bits per heavy atom. The molecule has 0 saturated heterocycles. The Balaban J connectivity index is 0.000000110. The van der Waals surface area contributed by atoms with Crippen LogP contribution in [0.5, 0.6) is 0 Å². The van der Waals surface area contributed by atoms with E-state index < -0.39 is 31.4 Å². The molecular formula is C105H98N8O4+4. The molecule has 8 aromatic carbocycles. The standard InChI is InChI=1S/C29H29N2O.C28H27N2O.C25H23N2O.C23H19N2O/c1-18-13-14-24-27-23-12-8-7-11-22(23)19(2)30-29(27)32-28(24)26(18)25-17-21(15-16-31(25)3)20-9-5-4-6-10-20;1-18-12-13-23-26-22-11-7-6-10-21(22)17-29-28(26)31-27(23)25(18)24-16-20(14-15-30(24)2)19-8-4-3-5-9-19;1-15(2)18-10-12-21(27(4)14-18)22-16(3)9-11-20-23-19-8-6-5-7-17(19)13-26-25(23)28-24(20)22;1-14-8-11-19(25(3)13-14)20-15(2)9-10-18-21-17-7-5-4-6-16(17)12-24-23(21)26-22(18)20/h7-8,11-17,20H,4-6,9-10H2,1-3H3;6-7,10-17,19H,3-5,8-9H2,1-2H3;5-15H,1-4H3;4-13H,1-3H3/q4*+1/i20D;19D;1D3,15D;1D3. The van der Waals surface area contributed by atoms with Crippen LogP contribution < -0.4 is 18.3 Å². The molecule has 12 heteroatoms. The van der Waals surface area contributed by atoms with Gasteiger partial charge in [-0.05, 0) is 152 Å². The fourth-order valence-corrected chi connectivity index (χ4v) is 18.3. The van der Waals surface area contributed by atoms with E-state index >= 15 is 0 Å². The van der Waals surface area contributed by atoms with E-state index in [1.54, 1.807) is 24.5 Å². The average molecular weight is 1550 g/mol. The van der Waals surface area contributed by atoms with E-state index in [1.165, 1.54) is 25.2 Å². The Morgan fingerprint density at radius 3 is 1.15 bits per heavy atom. The molecule has 1 unspecified atom stereocenters. The van der Waals surface area contributed by atoms with E-state index in [1.807, 2.05) is 117 Å². The van der Waals surface area contributed by atoms with Gasteiger partial charge in [-0.15, -0.1) is 0 Å². The van der Waals surface area contributed by atoms with Crippen LogP contribution in [-0.2, 0) is 28.2 Å². The second-order valence-corrected chi connectivity index (χ2v) is 32.0. The quantitative estimate of drug-likeness (QED) is 0.145. The maximum Gasteiger partial charge on any atom is 0.228 e. The molecule has 0 spiro atoms. The van der Waals surface area contributed by atoms with Crippen LogP contribution in [-0.4, -0.2) is 19.9 Å². The molecule has 2 aliphatic rings. The molecule has 2 aliphatic carbocycles. The summed E-state index contributed by atoms with van der Waals surface area (Å²) in [5, 5.41) is 17.3. The molecule has 117 heavy (non-hydrogen) atoms. The molecular weight excluding hydrogens is 1440 g/mol.